The summed E-state index contributed by atoms with van der Waals surface area (Å²) in [6.45, 7) is 3.29. The zero-order chi connectivity index (χ0) is 7.68. The molecule has 1 N–H and O–H groups in total. The molecule has 1 radical (unpaired) electrons. The van der Waals surface area contributed by atoms with E-state index in [0.717, 1.165) is 13.0 Å². The monoisotopic (exact) mass is 146 g/mol. The van der Waals surface area contributed by atoms with Crippen molar-refractivity contribution in [1.29, 1.82) is 0 Å². The number of hydrogen-bond acceptors (Lipinski definition) is 1. The van der Waals surface area contributed by atoms with Crippen LogP contribution in [0.5, 0.6) is 0 Å². The highest BCUT2D eigenvalue weighted by molar-refractivity contribution is 5.37. The van der Waals surface area contributed by atoms with Gasteiger partial charge in [-0.2, -0.15) is 0 Å². The van der Waals surface area contributed by atoms with Crippen LogP contribution < -0.4 is 5.32 Å². The van der Waals surface area contributed by atoms with E-state index in [9.17, 15) is 0 Å². The van der Waals surface area contributed by atoms with Crippen molar-refractivity contribution in [2.24, 2.45) is 5.92 Å². The van der Waals surface area contributed by atoms with Crippen molar-refractivity contribution >= 4 is 0 Å². The van der Waals surface area contributed by atoms with Crippen molar-refractivity contribution in [2.75, 3.05) is 6.54 Å². The molecule has 0 saturated carbocycles. The summed E-state index contributed by atoms with van der Waals surface area (Å²) in [4.78, 5) is 0. The maximum atomic E-state index is 3.36. The molecule has 1 aliphatic heterocycles. The lowest BCUT2D eigenvalue weighted by molar-refractivity contribution is 0.618. The van der Waals surface area contributed by atoms with Crippen LogP contribution in [0.15, 0.2) is 29.5 Å². The predicted octanol–water partition coefficient (Wildman–Crippen LogP) is 1.80. The van der Waals surface area contributed by atoms with Gasteiger partial charge >= 0.3 is 0 Å². The van der Waals surface area contributed by atoms with Crippen LogP contribution in [0.25, 0.3) is 0 Å². The molecule has 1 heteroatoms. The number of rotatable bonds is 0. The summed E-state index contributed by atoms with van der Waals surface area (Å²) >= 11 is 0. The Morgan fingerprint density at radius 2 is 2.55 bits per heavy atom. The molecular weight excluding hydrogens is 134 g/mol. The highest BCUT2D eigenvalue weighted by Gasteiger charge is 2.13. The first kappa shape index (κ1) is 6.71. The van der Waals surface area contributed by atoms with Crippen LogP contribution in [0.3, 0.4) is 0 Å². The Morgan fingerprint density at radius 1 is 1.64 bits per heavy atom. The molecule has 2 rings (SSSR count). The fourth-order valence-corrected chi connectivity index (χ4v) is 1.50. The number of fused-ring (bicyclic) bond motifs is 1. The van der Waals surface area contributed by atoms with E-state index in [1.165, 1.54) is 11.3 Å². The maximum absolute atomic E-state index is 3.36. The molecule has 0 aromatic heterocycles. The lowest BCUT2D eigenvalue weighted by Gasteiger charge is -2.23. The van der Waals surface area contributed by atoms with Crippen molar-refractivity contribution in [2.45, 2.75) is 13.3 Å². The lowest BCUT2D eigenvalue weighted by Crippen LogP contribution is -2.26. The van der Waals surface area contributed by atoms with E-state index < -0.39 is 0 Å². The van der Waals surface area contributed by atoms with E-state index in [0.29, 0.717) is 5.92 Å². The molecule has 0 saturated heterocycles. The van der Waals surface area contributed by atoms with Gasteiger partial charge in [-0.1, -0.05) is 25.2 Å². The van der Waals surface area contributed by atoms with Crippen molar-refractivity contribution in [3.05, 3.63) is 35.6 Å². The minimum absolute atomic E-state index is 0.669. The molecule has 1 unspecified atom stereocenters. The fourth-order valence-electron chi connectivity index (χ4n) is 1.50. The van der Waals surface area contributed by atoms with Gasteiger partial charge < -0.3 is 5.32 Å². The average Bonchev–Trinajstić information content (AvgIpc) is 2.04. The summed E-state index contributed by atoms with van der Waals surface area (Å²) < 4.78 is 0. The van der Waals surface area contributed by atoms with Crippen LogP contribution >= 0.6 is 0 Å². The number of nitrogens with one attached hydrogen (secondary N) is 1. The van der Waals surface area contributed by atoms with E-state index in [-0.39, 0.29) is 0 Å². The zero-order valence-corrected chi connectivity index (χ0v) is 6.72. The molecule has 0 aromatic rings. The van der Waals surface area contributed by atoms with Gasteiger partial charge in [-0.3, -0.25) is 0 Å². The van der Waals surface area contributed by atoms with Gasteiger partial charge in [0, 0.05) is 18.3 Å². The zero-order valence-electron chi connectivity index (χ0n) is 6.72. The molecule has 11 heavy (non-hydrogen) atoms. The van der Waals surface area contributed by atoms with Crippen molar-refractivity contribution < 1.29 is 0 Å². The highest BCUT2D eigenvalue weighted by atomic mass is 14.9. The molecule has 0 amide bonds. The molecule has 0 bridgehead atoms. The normalized spacial score (nSPS) is 28.3. The Kier molecular flexibility index (Phi) is 1.57. The van der Waals surface area contributed by atoms with Gasteiger partial charge in [0.05, 0.1) is 0 Å². The Bertz CT molecular complexity index is 246. The van der Waals surface area contributed by atoms with Gasteiger partial charge in [0.25, 0.3) is 0 Å². The van der Waals surface area contributed by atoms with Crippen LogP contribution in [0.2, 0.25) is 0 Å². The summed E-state index contributed by atoms with van der Waals surface area (Å²) in [5, 5.41) is 3.36. The first-order valence-corrected chi connectivity index (χ1v) is 4.09. The molecule has 1 nitrogen and oxygen atoms in total. The van der Waals surface area contributed by atoms with Crippen molar-refractivity contribution in [3.8, 4) is 0 Å². The van der Waals surface area contributed by atoms with Gasteiger partial charge in [-0.15, -0.1) is 0 Å². The molecule has 0 fully saturated rings. The van der Waals surface area contributed by atoms with Crippen LogP contribution in [0.4, 0.5) is 0 Å². The highest BCUT2D eigenvalue weighted by Crippen LogP contribution is 2.22. The lowest BCUT2D eigenvalue weighted by atomic mass is 9.95. The summed E-state index contributed by atoms with van der Waals surface area (Å²) in [6, 6.07) is 0. The smallest absolute Gasteiger partial charge is 0.0453 e. The maximum Gasteiger partial charge on any atom is 0.0453 e. The third-order valence-electron chi connectivity index (χ3n) is 2.09. The van der Waals surface area contributed by atoms with Gasteiger partial charge in [0.15, 0.2) is 0 Å². The minimum atomic E-state index is 0.669. The van der Waals surface area contributed by atoms with Crippen molar-refractivity contribution in [3.63, 3.8) is 0 Å². The van der Waals surface area contributed by atoms with Crippen molar-refractivity contribution in [1.82, 2.24) is 5.32 Å². The topological polar surface area (TPSA) is 12.0 Å². The number of hydrogen-bond donors (Lipinski definition) is 1. The second-order valence-corrected chi connectivity index (χ2v) is 3.18. The number of allylic oxidation sites excluding steroid dienone is 4. The Morgan fingerprint density at radius 3 is 3.45 bits per heavy atom. The first-order chi connectivity index (χ1) is 5.36. The molecule has 0 spiro atoms. The van der Waals surface area contributed by atoms with Gasteiger partial charge in [-0.25, -0.2) is 0 Å². The third kappa shape index (κ3) is 1.23. The standard InChI is InChI=1S/C10H12N/c1-8-6-9-4-2-3-5-10(9)11-7-8/h2-3,6,8,11H,4,7H2,1H3. The van der Waals surface area contributed by atoms with Gasteiger partial charge in [0.1, 0.15) is 0 Å². The predicted molar refractivity (Wildman–Crippen MR) is 45.8 cm³/mol. The Balaban J connectivity index is 2.30. The van der Waals surface area contributed by atoms with Crippen LogP contribution in [-0.4, -0.2) is 6.54 Å². The molecule has 0 aromatic carbocycles. The third-order valence-corrected chi connectivity index (χ3v) is 2.09. The van der Waals surface area contributed by atoms with E-state index in [4.69, 9.17) is 0 Å². The average molecular weight is 146 g/mol. The summed E-state index contributed by atoms with van der Waals surface area (Å²) in [7, 11) is 0. The fraction of sp³-hybridized carbons (Fsp3) is 0.400. The van der Waals surface area contributed by atoms with Gasteiger partial charge in [-0.05, 0) is 17.9 Å². The van der Waals surface area contributed by atoms with E-state index >= 15 is 0 Å². The Hall–Kier alpha value is -0.980. The SMILES string of the molecule is CC1C=C2CC=C[C]=C2NC1. The molecule has 1 atom stereocenters. The van der Waals surface area contributed by atoms with E-state index in [2.05, 4.69) is 30.5 Å². The van der Waals surface area contributed by atoms with Gasteiger partial charge in [0.2, 0.25) is 0 Å². The quantitative estimate of drug-likeness (QED) is 0.549. The molecular formula is C10H12N. The minimum Gasteiger partial charge on any atom is -0.384 e. The van der Waals surface area contributed by atoms with Crippen LogP contribution in [-0.2, 0) is 0 Å². The second-order valence-electron chi connectivity index (χ2n) is 3.18. The largest absolute Gasteiger partial charge is 0.384 e. The Labute approximate surface area is 67.5 Å². The second kappa shape index (κ2) is 2.57. The summed E-state index contributed by atoms with van der Waals surface area (Å²) in [6.07, 6.45) is 10.7. The summed E-state index contributed by atoms with van der Waals surface area (Å²) in [5.41, 5.74) is 2.61. The van der Waals surface area contributed by atoms with E-state index in [1.54, 1.807) is 0 Å². The molecule has 2 aliphatic rings. The summed E-state index contributed by atoms with van der Waals surface area (Å²) in [5.74, 6) is 0.669. The van der Waals surface area contributed by atoms with E-state index in [1.807, 2.05) is 6.08 Å². The first-order valence-electron chi connectivity index (χ1n) is 4.09. The molecule has 1 aliphatic carbocycles. The molecule has 1 heterocycles. The van der Waals surface area contributed by atoms with Crippen LogP contribution in [0.1, 0.15) is 13.3 Å². The van der Waals surface area contributed by atoms with Crippen LogP contribution in [0, 0.1) is 12.0 Å². The molecule has 57 valence electrons.